The fourth-order valence-corrected chi connectivity index (χ4v) is 2.72. The number of carbonyl (C=O) groups is 3. The summed E-state index contributed by atoms with van der Waals surface area (Å²) in [6, 6.07) is 14.3. The quantitative estimate of drug-likeness (QED) is 0.799. The largest absolute Gasteiger partial charge is 0.325 e. The van der Waals surface area contributed by atoms with Crippen molar-refractivity contribution in [3.63, 3.8) is 0 Å². The van der Waals surface area contributed by atoms with E-state index >= 15 is 0 Å². The van der Waals surface area contributed by atoms with E-state index in [0.717, 1.165) is 11.3 Å². The molecule has 2 amide bonds. The first-order valence-corrected chi connectivity index (χ1v) is 8.57. The number of anilines is 2. The van der Waals surface area contributed by atoms with Gasteiger partial charge in [-0.05, 0) is 48.7 Å². The monoisotopic (exact) mass is 352 g/mol. The van der Waals surface area contributed by atoms with E-state index in [2.05, 4.69) is 5.32 Å². The molecule has 26 heavy (non-hydrogen) atoms. The van der Waals surface area contributed by atoms with Gasteiger partial charge in [-0.3, -0.25) is 14.4 Å². The van der Waals surface area contributed by atoms with Gasteiger partial charge >= 0.3 is 0 Å². The average Bonchev–Trinajstić information content (AvgIpc) is 2.60. The van der Waals surface area contributed by atoms with E-state index in [1.54, 1.807) is 24.3 Å². The van der Waals surface area contributed by atoms with Crippen LogP contribution in [0.1, 0.15) is 49.5 Å². The molecule has 5 nitrogen and oxygen atoms in total. The summed E-state index contributed by atoms with van der Waals surface area (Å²) in [5, 5.41) is 2.77. The van der Waals surface area contributed by atoms with Crippen LogP contribution >= 0.6 is 0 Å². The summed E-state index contributed by atoms with van der Waals surface area (Å²) >= 11 is 0. The third-order valence-corrected chi connectivity index (χ3v) is 4.11. The highest BCUT2D eigenvalue weighted by molar-refractivity contribution is 6.02. The van der Waals surface area contributed by atoms with Crippen molar-refractivity contribution in [2.45, 2.75) is 33.6 Å². The number of rotatable bonds is 6. The molecule has 2 rings (SSSR count). The van der Waals surface area contributed by atoms with Gasteiger partial charge in [0.1, 0.15) is 6.54 Å². The standard InChI is InChI=1S/C21H24N2O3/c1-14(2)19-7-5-6-8-20(19)23(16(4)25)13-21(26)22-18-11-9-17(10-12-18)15(3)24/h5-12,14H,13H2,1-4H3,(H,22,26). The van der Waals surface area contributed by atoms with Crippen molar-refractivity contribution in [1.82, 2.24) is 0 Å². The minimum absolute atomic E-state index is 0.0316. The SMILES string of the molecule is CC(=O)c1ccc(NC(=O)CN(C(C)=O)c2ccccc2C(C)C)cc1. The van der Waals surface area contributed by atoms with Crippen LogP contribution in [-0.2, 0) is 9.59 Å². The Morgan fingerprint density at radius 2 is 1.58 bits per heavy atom. The number of ketones is 1. The van der Waals surface area contributed by atoms with Gasteiger partial charge in [0.25, 0.3) is 0 Å². The Kier molecular flexibility index (Phi) is 6.28. The van der Waals surface area contributed by atoms with Gasteiger partial charge in [-0.1, -0.05) is 32.0 Å². The Balaban J connectivity index is 2.16. The number of para-hydroxylation sites is 1. The Morgan fingerprint density at radius 3 is 2.12 bits per heavy atom. The molecular weight excluding hydrogens is 328 g/mol. The maximum atomic E-state index is 12.4. The van der Waals surface area contributed by atoms with Crippen molar-refractivity contribution in [3.05, 3.63) is 59.7 Å². The number of benzene rings is 2. The highest BCUT2D eigenvalue weighted by atomic mass is 16.2. The Labute approximate surface area is 154 Å². The lowest BCUT2D eigenvalue weighted by Crippen LogP contribution is -2.37. The molecule has 0 unspecified atom stereocenters. The molecule has 0 aliphatic heterocycles. The van der Waals surface area contributed by atoms with Crippen molar-refractivity contribution >= 4 is 29.0 Å². The second kappa shape index (κ2) is 8.43. The molecule has 0 aromatic heterocycles. The van der Waals surface area contributed by atoms with Crippen molar-refractivity contribution in [2.75, 3.05) is 16.8 Å². The number of carbonyl (C=O) groups excluding carboxylic acids is 3. The zero-order chi connectivity index (χ0) is 19.3. The molecule has 0 aliphatic rings. The maximum absolute atomic E-state index is 12.4. The van der Waals surface area contributed by atoms with Crippen LogP contribution in [0.3, 0.4) is 0 Å². The Bertz CT molecular complexity index is 810. The maximum Gasteiger partial charge on any atom is 0.244 e. The fourth-order valence-electron chi connectivity index (χ4n) is 2.72. The minimum Gasteiger partial charge on any atom is -0.325 e. The highest BCUT2D eigenvalue weighted by Gasteiger charge is 2.19. The van der Waals surface area contributed by atoms with Crippen LogP contribution in [0.5, 0.6) is 0 Å². The summed E-state index contributed by atoms with van der Waals surface area (Å²) < 4.78 is 0. The van der Waals surface area contributed by atoms with Gasteiger partial charge in [0.2, 0.25) is 11.8 Å². The number of hydrogen-bond donors (Lipinski definition) is 1. The molecule has 0 saturated carbocycles. The molecule has 0 radical (unpaired) electrons. The second-order valence-corrected chi connectivity index (χ2v) is 6.50. The average molecular weight is 352 g/mol. The molecule has 0 aliphatic carbocycles. The molecular formula is C21H24N2O3. The normalized spacial score (nSPS) is 10.5. The number of hydrogen-bond acceptors (Lipinski definition) is 3. The molecule has 1 N–H and O–H groups in total. The lowest BCUT2D eigenvalue weighted by Gasteiger charge is -2.25. The Morgan fingerprint density at radius 1 is 0.962 bits per heavy atom. The summed E-state index contributed by atoms with van der Waals surface area (Å²) in [5.41, 5.74) is 2.93. The number of Topliss-reactive ketones (excluding diaryl/α,β-unsaturated/α-hetero) is 1. The van der Waals surface area contributed by atoms with Crippen molar-refractivity contribution in [3.8, 4) is 0 Å². The molecule has 136 valence electrons. The highest BCUT2D eigenvalue weighted by Crippen LogP contribution is 2.27. The lowest BCUT2D eigenvalue weighted by atomic mass is 10.0. The second-order valence-electron chi connectivity index (χ2n) is 6.50. The molecule has 0 atom stereocenters. The zero-order valence-corrected chi connectivity index (χ0v) is 15.6. The van der Waals surface area contributed by atoms with Crippen molar-refractivity contribution < 1.29 is 14.4 Å². The molecule has 2 aromatic carbocycles. The first kappa shape index (κ1) is 19.4. The molecule has 0 fully saturated rings. The summed E-state index contributed by atoms with van der Waals surface area (Å²) in [5.74, 6) is -0.291. The summed E-state index contributed by atoms with van der Waals surface area (Å²) in [6.07, 6.45) is 0. The predicted molar refractivity (Wildman–Crippen MR) is 104 cm³/mol. The van der Waals surface area contributed by atoms with Crippen molar-refractivity contribution in [2.24, 2.45) is 0 Å². The first-order chi connectivity index (χ1) is 12.3. The number of nitrogens with one attached hydrogen (secondary N) is 1. The van der Waals surface area contributed by atoms with Gasteiger partial charge in [0, 0.05) is 23.9 Å². The van der Waals surface area contributed by atoms with Crippen LogP contribution in [0, 0.1) is 0 Å². The van der Waals surface area contributed by atoms with E-state index < -0.39 is 0 Å². The molecule has 0 saturated heterocycles. The first-order valence-electron chi connectivity index (χ1n) is 8.57. The van der Waals surface area contributed by atoms with E-state index in [1.807, 2.05) is 38.1 Å². The van der Waals surface area contributed by atoms with Crippen LogP contribution in [0.2, 0.25) is 0 Å². The summed E-state index contributed by atoms with van der Waals surface area (Å²) in [6.45, 7) is 6.96. The lowest BCUT2D eigenvalue weighted by molar-refractivity contribution is -0.120. The summed E-state index contributed by atoms with van der Waals surface area (Å²) in [7, 11) is 0. The van der Waals surface area contributed by atoms with Gasteiger partial charge in [0.05, 0.1) is 0 Å². The fraction of sp³-hybridized carbons (Fsp3) is 0.286. The third kappa shape index (κ3) is 4.79. The van der Waals surface area contributed by atoms with Gasteiger partial charge in [-0.2, -0.15) is 0 Å². The van der Waals surface area contributed by atoms with Crippen LogP contribution in [0.15, 0.2) is 48.5 Å². The zero-order valence-electron chi connectivity index (χ0n) is 15.6. The third-order valence-electron chi connectivity index (χ3n) is 4.11. The van der Waals surface area contributed by atoms with Crippen LogP contribution in [0.4, 0.5) is 11.4 Å². The molecule has 2 aromatic rings. The van der Waals surface area contributed by atoms with Crippen molar-refractivity contribution in [1.29, 1.82) is 0 Å². The van der Waals surface area contributed by atoms with Gasteiger partial charge in [-0.25, -0.2) is 0 Å². The molecule has 0 heterocycles. The van der Waals surface area contributed by atoms with E-state index in [4.69, 9.17) is 0 Å². The van der Waals surface area contributed by atoms with Crippen LogP contribution in [0.25, 0.3) is 0 Å². The number of nitrogens with zero attached hydrogens (tertiary/aromatic N) is 1. The van der Waals surface area contributed by atoms with E-state index in [9.17, 15) is 14.4 Å². The van der Waals surface area contributed by atoms with Crippen LogP contribution in [-0.4, -0.2) is 24.1 Å². The molecule has 0 bridgehead atoms. The minimum atomic E-state index is -0.297. The molecule has 5 heteroatoms. The van der Waals surface area contributed by atoms with Crippen LogP contribution < -0.4 is 10.2 Å². The molecule has 0 spiro atoms. The van der Waals surface area contributed by atoms with Gasteiger partial charge < -0.3 is 10.2 Å². The predicted octanol–water partition coefficient (Wildman–Crippen LogP) is 4.00. The topological polar surface area (TPSA) is 66.5 Å². The Hall–Kier alpha value is -2.95. The summed E-state index contributed by atoms with van der Waals surface area (Å²) in [4.78, 5) is 37.4. The van der Waals surface area contributed by atoms with Gasteiger partial charge in [-0.15, -0.1) is 0 Å². The smallest absolute Gasteiger partial charge is 0.244 e. The number of amides is 2. The van der Waals surface area contributed by atoms with E-state index in [0.29, 0.717) is 11.3 Å². The van der Waals surface area contributed by atoms with Gasteiger partial charge in [0.15, 0.2) is 5.78 Å². The van der Waals surface area contributed by atoms with E-state index in [-0.39, 0.29) is 30.1 Å². The van der Waals surface area contributed by atoms with E-state index in [1.165, 1.54) is 18.7 Å².